The van der Waals surface area contributed by atoms with Crippen LogP contribution in [0.1, 0.15) is 51.1 Å². The molecule has 1 fully saturated rings. The van der Waals surface area contributed by atoms with Gasteiger partial charge in [-0.25, -0.2) is 18.7 Å². The molecule has 29 heavy (non-hydrogen) atoms. The standard InChI is InChI=1S/C22H25F2N5/c1-13(2)27-16-6-3-14(4-7-16)21-20(19-9-10-25-12-26-19)22(29-28-21)15-5-8-17(23)18(24)11-15/h5,8-14,16,27H,3-4,6-7H2,1-2H3,(H,28,29). The largest absolute Gasteiger partial charge is 0.312 e. The van der Waals surface area contributed by atoms with Crippen LogP contribution in [-0.4, -0.2) is 32.2 Å². The van der Waals surface area contributed by atoms with Gasteiger partial charge in [-0.1, -0.05) is 13.8 Å². The fourth-order valence-corrected chi connectivity index (χ4v) is 4.22. The van der Waals surface area contributed by atoms with Crippen LogP contribution >= 0.6 is 0 Å². The van der Waals surface area contributed by atoms with Gasteiger partial charge in [0.15, 0.2) is 11.6 Å². The molecule has 2 N–H and O–H groups in total. The van der Waals surface area contributed by atoms with E-state index in [-0.39, 0.29) is 0 Å². The summed E-state index contributed by atoms with van der Waals surface area (Å²) in [5.41, 5.74) is 3.69. The maximum atomic E-state index is 13.9. The van der Waals surface area contributed by atoms with Crippen LogP contribution in [0.4, 0.5) is 8.78 Å². The molecule has 1 saturated carbocycles. The highest BCUT2D eigenvalue weighted by Gasteiger charge is 2.28. The lowest BCUT2D eigenvalue weighted by Crippen LogP contribution is -2.37. The Labute approximate surface area is 169 Å². The van der Waals surface area contributed by atoms with Crippen LogP contribution in [0.25, 0.3) is 22.5 Å². The first-order valence-corrected chi connectivity index (χ1v) is 10.1. The summed E-state index contributed by atoms with van der Waals surface area (Å²) >= 11 is 0. The molecular formula is C22H25F2N5. The van der Waals surface area contributed by atoms with Crippen molar-refractivity contribution in [1.82, 2.24) is 25.5 Å². The Balaban J connectivity index is 1.70. The van der Waals surface area contributed by atoms with Gasteiger partial charge in [0, 0.05) is 41.0 Å². The fraction of sp³-hybridized carbons (Fsp3) is 0.409. The van der Waals surface area contributed by atoms with Gasteiger partial charge in [0.2, 0.25) is 0 Å². The minimum absolute atomic E-state index is 0.316. The second kappa shape index (κ2) is 8.37. The van der Waals surface area contributed by atoms with Crippen molar-refractivity contribution in [2.45, 2.75) is 57.5 Å². The van der Waals surface area contributed by atoms with E-state index in [0.29, 0.717) is 29.3 Å². The summed E-state index contributed by atoms with van der Waals surface area (Å²) in [6.45, 7) is 4.34. The summed E-state index contributed by atoms with van der Waals surface area (Å²) in [5.74, 6) is -1.44. The van der Waals surface area contributed by atoms with E-state index in [1.165, 1.54) is 12.4 Å². The van der Waals surface area contributed by atoms with Gasteiger partial charge in [0.25, 0.3) is 0 Å². The first kappa shape index (κ1) is 19.6. The molecule has 0 spiro atoms. The molecule has 5 nitrogen and oxygen atoms in total. The number of aromatic amines is 1. The van der Waals surface area contributed by atoms with Crippen molar-refractivity contribution >= 4 is 0 Å². The minimum atomic E-state index is -0.888. The Morgan fingerprint density at radius 1 is 1.07 bits per heavy atom. The molecule has 152 valence electrons. The molecule has 1 aromatic carbocycles. The summed E-state index contributed by atoms with van der Waals surface area (Å²) in [7, 11) is 0. The van der Waals surface area contributed by atoms with E-state index in [9.17, 15) is 8.78 Å². The minimum Gasteiger partial charge on any atom is -0.312 e. The smallest absolute Gasteiger partial charge is 0.159 e. The van der Waals surface area contributed by atoms with Crippen molar-refractivity contribution in [3.8, 4) is 22.5 Å². The molecule has 2 heterocycles. The van der Waals surface area contributed by atoms with Crippen molar-refractivity contribution in [2.75, 3.05) is 0 Å². The monoisotopic (exact) mass is 397 g/mol. The molecule has 0 radical (unpaired) electrons. The van der Waals surface area contributed by atoms with Crippen molar-refractivity contribution < 1.29 is 8.78 Å². The summed E-state index contributed by atoms with van der Waals surface area (Å²) < 4.78 is 27.3. The maximum Gasteiger partial charge on any atom is 0.159 e. The topological polar surface area (TPSA) is 66.5 Å². The van der Waals surface area contributed by atoms with Gasteiger partial charge in [-0.05, 0) is 49.9 Å². The lowest BCUT2D eigenvalue weighted by molar-refractivity contribution is 0.323. The molecule has 0 atom stereocenters. The lowest BCUT2D eigenvalue weighted by Gasteiger charge is -2.30. The fourth-order valence-electron chi connectivity index (χ4n) is 4.22. The summed E-state index contributed by atoms with van der Waals surface area (Å²) in [6, 6.07) is 6.69. The van der Waals surface area contributed by atoms with E-state index in [1.54, 1.807) is 12.3 Å². The second-order valence-corrected chi connectivity index (χ2v) is 7.95. The molecule has 0 aliphatic heterocycles. The first-order chi connectivity index (χ1) is 14.0. The molecule has 0 bridgehead atoms. The number of hydrogen-bond donors (Lipinski definition) is 2. The number of nitrogens with one attached hydrogen (secondary N) is 2. The van der Waals surface area contributed by atoms with E-state index >= 15 is 0 Å². The molecule has 0 unspecified atom stereocenters. The normalized spacial score (nSPS) is 19.6. The van der Waals surface area contributed by atoms with Gasteiger partial charge >= 0.3 is 0 Å². The van der Waals surface area contributed by atoms with Crippen LogP contribution in [0.5, 0.6) is 0 Å². The van der Waals surface area contributed by atoms with Crippen LogP contribution in [0, 0.1) is 11.6 Å². The number of H-pyrrole nitrogens is 1. The van der Waals surface area contributed by atoms with Gasteiger partial charge in [0.05, 0.1) is 5.69 Å². The molecule has 1 aliphatic carbocycles. The van der Waals surface area contributed by atoms with Crippen molar-refractivity contribution in [3.63, 3.8) is 0 Å². The number of nitrogens with zero attached hydrogens (tertiary/aromatic N) is 3. The highest BCUT2D eigenvalue weighted by Crippen LogP contribution is 2.41. The average Bonchev–Trinajstić information content (AvgIpc) is 3.16. The lowest BCUT2D eigenvalue weighted by atomic mass is 9.82. The van der Waals surface area contributed by atoms with E-state index in [2.05, 4.69) is 39.3 Å². The van der Waals surface area contributed by atoms with Crippen LogP contribution in [0.15, 0.2) is 36.8 Å². The first-order valence-electron chi connectivity index (χ1n) is 10.1. The number of aromatic nitrogens is 4. The SMILES string of the molecule is CC(C)NC1CCC(c2[nH]nc(-c3ccc(F)c(F)c3)c2-c2ccncn2)CC1. The van der Waals surface area contributed by atoms with E-state index in [4.69, 9.17) is 0 Å². The highest BCUT2D eigenvalue weighted by molar-refractivity contribution is 5.81. The number of hydrogen-bond acceptors (Lipinski definition) is 4. The molecular weight excluding hydrogens is 372 g/mol. The van der Waals surface area contributed by atoms with Gasteiger partial charge in [-0.2, -0.15) is 5.10 Å². The van der Waals surface area contributed by atoms with Crippen LogP contribution in [0.3, 0.4) is 0 Å². The Morgan fingerprint density at radius 3 is 2.52 bits per heavy atom. The Hall–Kier alpha value is -2.67. The van der Waals surface area contributed by atoms with E-state index in [0.717, 1.165) is 48.7 Å². The molecule has 2 aromatic heterocycles. The van der Waals surface area contributed by atoms with Crippen molar-refractivity contribution in [3.05, 3.63) is 54.1 Å². The molecule has 7 heteroatoms. The predicted octanol–water partition coefficient (Wildman–Crippen LogP) is 4.84. The highest BCUT2D eigenvalue weighted by atomic mass is 19.2. The third-order valence-corrected chi connectivity index (χ3v) is 5.53. The molecule has 4 rings (SSSR count). The molecule has 3 aromatic rings. The van der Waals surface area contributed by atoms with Crippen molar-refractivity contribution in [2.24, 2.45) is 0 Å². The predicted molar refractivity (Wildman–Crippen MR) is 108 cm³/mol. The Bertz CT molecular complexity index is 963. The number of rotatable bonds is 5. The van der Waals surface area contributed by atoms with E-state index < -0.39 is 11.6 Å². The van der Waals surface area contributed by atoms with Gasteiger partial charge in [-0.3, -0.25) is 5.10 Å². The quantitative estimate of drug-likeness (QED) is 0.647. The number of halogens is 2. The third-order valence-electron chi connectivity index (χ3n) is 5.53. The van der Waals surface area contributed by atoms with Gasteiger partial charge < -0.3 is 5.32 Å². The second-order valence-electron chi connectivity index (χ2n) is 7.95. The van der Waals surface area contributed by atoms with Crippen LogP contribution in [0.2, 0.25) is 0 Å². The zero-order valence-electron chi connectivity index (χ0n) is 16.6. The summed E-state index contributed by atoms with van der Waals surface area (Å²) in [5, 5.41) is 11.3. The van der Waals surface area contributed by atoms with Gasteiger partial charge in [0.1, 0.15) is 12.0 Å². The third kappa shape index (κ3) is 4.19. The Kier molecular flexibility index (Phi) is 5.67. The molecule has 0 saturated heterocycles. The summed E-state index contributed by atoms with van der Waals surface area (Å²) in [6.07, 6.45) is 7.41. The zero-order chi connectivity index (χ0) is 20.4. The maximum absolute atomic E-state index is 13.9. The average molecular weight is 397 g/mol. The number of benzene rings is 1. The Morgan fingerprint density at radius 2 is 1.86 bits per heavy atom. The van der Waals surface area contributed by atoms with Crippen LogP contribution in [-0.2, 0) is 0 Å². The van der Waals surface area contributed by atoms with Gasteiger partial charge in [-0.15, -0.1) is 0 Å². The van der Waals surface area contributed by atoms with Crippen molar-refractivity contribution in [1.29, 1.82) is 0 Å². The summed E-state index contributed by atoms with van der Waals surface area (Å²) in [4.78, 5) is 8.41. The molecule has 0 amide bonds. The zero-order valence-corrected chi connectivity index (χ0v) is 16.6. The van der Waals surface area contributed by atoms with E-state index in [1.807, 2.05) is 6.07 Å². The molecule has 1 aliphatic rings. The van der Waals surface area contributed by atoms with Crippen LogP contribution < -0.4 is 5.32 Å².